The molecule has 1 aromatic carbocycles. The van der Waals surface area contributed by atoms with Crippen molar-refractivity contribution < 1.29 is 50.0 Å². The van der Waals surface area contributed by atoms with Crippen molar-refractivity contribution in [1.29, 1.82) is 0 Å². The minimum absolute atomic E-state index is 0. The second-order valence-corrected chi connectivity index (χ2v) is 3.48. The molecule has 1 aromatic rings. The van der Waals surface area contributed by atoms with E-state index in [0.29, 0.717) is 0 Å². The number of rotatable bonds is 1. The molecule has 2 N–H and O–H groups in total. The summed E-state index contributed by atoms with van der Waals surface area (Å²) in [5.74, 6) is 0. The topological polar surface area (TPSA) is 57.5 Å². The Morgan fingerprint density at radius 1 is 1.09 bits per heavy atom. The Morgan fingerprint density at radius 3 is 1.82 bits per heavy atom. The second kappa shape index (κ2) is 4.56. The predicted molar refractivity (Wildman–Crippen MR) is 38.1 cm³/mol. The zero-order valence-electron chi connectivity index (χ0n) is 5.71. The van der Waals surface area contributed by atoms with Crippen molar-refractivity contribution >= 4 is 12.9 Å². The molecule has 0 spiro atoms. The van der Waals surface area contributed by atoms with Crippen LogP contribution in [0.5, 0.6) is 0 Å². The van der Waals surface area contributed by atoms with Crippen LogP contribution in [0.2, 0.25) is 0 Å². The number of hydrogen-bond donors (Lipinski definition) is 2. The summed E-state index contributed by atoms with van der Waals surface area (Å²) in [6.45, 7) is 0. The molecule has 0 bridgehead atoms. The first-order valence-corrected chi connectivity index (χ1v) is 4.33. The molecule has 0 aliphatic rings. The van der Waals surface area contributed by atoms with Crippen LogP contribution in [-0.4, -0.2) is 9.79 Å². The van der Waals surface area contributed by atoms with Crippen LogP contribution in [0.4, 0.5) is 0 Å². The summed E-state index contributed by atoms with van der Waals surface area (Å²) in [7, 11) is -4.02. The van der Waals surface area contributed by atoms with Crippen molar-refractivity contribution in [2.75, 3.05) is 0 Å². The largest absolute Gasteiger partial charge is 0.356 e. The third kappa shape index (κ3) is 3.65. The second-order valence-electron chi connectivity index (χ2n) is 1.88. The Hall–Kier alpha value is 0.565. The van der Waals surface area contributed by atoms with E-state index in [4.69, 9.17) is 9.79 Å². The molecule has 0 saturated heterocycles. The quantitative estimate of drug-likeness (QED) is 0.742. The first-order chi connectivity index (χ1) is 4.61. The number of hydrogen-bond acceptors (Lipinski definition) is 1. The van der Waals surface area contributed by atoms with Gasteiger partial charge in [0, 0.05) is 35.6 Å². The third-order valence-electron chi connectivity index (χ3n) is 1.09. The zero-order valence-corrected chi connectivity index (χ0v) is 10.2. The molecule has 57 valence electrons. The molecule has 11 heavy (non-hydrogen) atoms. The molecular weight excluding hydrogens is 290 g/mol. The molecule has 0 amide bonds. The standard InChI is InChI=1S/C6H7O3P.La/c7-10(8,9)6-4-2-1-3-5-6;/h1-5H,(H2,7,8,9);. The van der Waals surface area contributed by atoms with Gasteiger partial charge in [0.15, 0.2) is 0 Å². The fourth-order valence-corrected chi connectivity index (χ4v) is 1.18. The molecule has 0 atom stereocenters. The predicted octanol–water partition coefficient (Wildman–Crippen LogP) is 0.490. The minimum atomic E-state index is -4.02. The fourth-order valence-electron chi connectivity index (χ4n) is 0.622. The van der Waals surface area contributed by atoms with E-state index in [1.54, 1.807) is 18.2 Å². The molecular formula is C6H7LaO3P. The molecule has 0 aliphatic heterocycles. The summed E-state index contributed by atoms with van der Waals surface area (Å²) in [4.78, 5) is 17.2. The Balaban J connectivity index is 0.000001000. The maximum absolute atomic E-state index is 10.5. The van der Waals surface area contributed by atoms with Crippen molar-refractivity contribution in [2.45, 2.75) is 0 Å². The van der Waals surface area contributed by atoms with Gasteiger partial charge in [-0.2, -0.15) is 0 Å². The number of benzene rings is 1. The van der Waals surface area contributed by atoms with Gasteiger partial charge < -0.3 is 9.79 Å². The summed E-state index contributed by atoms with van der Waals surface area (Å²) in [5, 5.41) is 0.0648. The van der Waals surface area contributed by atoms with Gasteiger partial charge in [-0.25, -0.2) is 0 Å². The molecule has 0 aromatic heterocycles. The summed E-state index contributed by atoms with van der Waals surface area (Å²) in [6, 6.07) is 7.70. The summed E-state index contributed by atoms with van der Waals surface area (Å²) >= 11 is 0. The van der Waals surface area contributed by atoms with Gasteiger partial charge in [0.25, 0.3) is 0 Å². The summed E-state index contributed by atoms with van der Waals surface area (Å²) in [5.41, 5.74) is 0. The molecule has 0 aliphatic carbocycles. The van der Waals surface area contributed by atoms with Crippen LogP contribution >= 0.6 is 7.60 Å². The van der Waals surface area contributed by atoms with Crippen molar-refractivity contribution in [2.24, 2.45) is 0 Å². The molecule has 3 nitrogen and oxygen atoms in total. The van der Waals surface area contributed by atoms with E-state index in [2.05, 4.69) is 0 Å². The van der Waals surface area contributed by atoms with Gasteiger partial charge in [-0.15, -0.1) is 0 Å². The van der Waals surface area contributed by atoms with Crippen molar-refractivity contribution in [3.05, 3.63) is 30.3 Å². The van der Waals surface area contributed by atoms with Gasteiger partial charge in [0.2, 0.25) is 0 Å². The SMILES string of the molecule is O=P(O)(O)c1ccccc1.[La]. The van der Waals surface area contributed by atoms with Crippen LogP contribution in [0, 0.1) is 35.6 Å². The smallest absolute Gasteiger partial charge is 0.321 e. The van der Waals surface area contributed by atoms with Crippen LogP contribution in [-0.2, 0) is 4.57 Å². The van der Waals surface area contributed by atoms with E-state index in [0.717, 1.165) is 0 Å². The molecule has 1 rings (SSSR count). The van der Waals surface area contributed by atoms with Crippen LogP contribution in [0.25, 0.3) is 0 Å². The van der Waals surface area contributed by atoms with Crippen LogP contribution in [0.3, 0.4) is 0 Å². The fraction of sp³-hybridized carbons (Fsp3) is 0. The van der Waals surface area contributed by atoms with Crippen LogP contribution in [0.15, 0.2) is 30.3 Å². The molecule has 5 heteroatoms. The normalized spacial score (nSPS) is 10.4. The van der Waals surface area contributed by atoms with Crippen molar-refractivity contribution in [1.82, 2.24) is 0 Å². The molecule has 0 unspecified atom stereocenters. The van der Waals surface area contributed by atoms with Gasteiger partial charge in [0.05, 0.1) is 5.30 Å². The maximum Gasteiger partial charge on any atom is 0.356 e. The molecule has 0 saturated carbocycles. The van der Waals surface area contributed by atoms with Crippen LogP contribution < -0.4 is 5.30 Å². The summed E-state index contributed by atoms with van der Waals surface area (Å²) < 4.78 is 10.5. The van der Waals surface area contributed by atoms with Gasteiger partial charge >= 0.3 is 7.60 Å². The molecule has 0 heterocycles. The van der Waals surface area contributed by atoms with E-state index in [9.17, 15) is 4.57 Å². The van der Waals surface area contributed by atoms with E-state index in [1.807, 2.05) is 0 Å². The van der Waals surface area contributed by atoms with Gasteiger partial charge in [-0.1, -0.05) is 18.2 Å². The van der Waals surface area contributed by atoms with Crippen molar-refractivity contribution in [3.63, 3.8) is 0 Å². The monoisotopic (exact) mass is 297 g/mol. The average Bonchev–Trinajstić information content (AvgIpc) is 1.88. The zero-order chi connectivity index (χ0) is 7.61. The first-order valence-electron chi connectivity index (χ1n) is 2.72. The van der Waals surface area contributed by atoms with Gasteiger partial charge in [-0.05, 0) is 12.1 Å². The van der Waals surface area contributed by atoms with E-state index < -0.39 is 7.60 Å². The van der Waals surface area contributed by atoms with Crippen molar-refractivity contribution in [3.8, 4) is 0 Å². The molecule has 0 fully saturated rings. The van der Waals surface area contributed by atoms with E-state index in [-0.39, 0.29) is 40.9 Å². The van der Waals surface area contributed by atoms with E-state index in [1.165, 1.54) is 12.1 Å². The van der Waals surface area contributed by atoms with Crippen LogP contribution in [0.1, 0.15) is 0 Å². The summed E-state index contributed by atoms with van der Waals surface area (Å²) in [6.07, 6.45) is 0. The van der Waals surface area contributed by atoms with E-state index >= 15 is 0 Å². The Morgan fingerprint density at radius 2 is 1.55 bits per heavy atom. The van der Waals surface area contributed by atoms with Gasteiger partial charge in [0.1, 0.15) is 0 Å². The van der Waals surface area contributed by atoms with Gasteiger partial charge in [-0.3, -0.25) is 4.57 Å². The third-order valence-corrected chi connectivity index (χ3v) is 2.06. The molecule has 1 radical (unpaired) electrons. The Kier molecular flexibility index (Phi) is 4.79. The Labute approximate surface area is 92.6 Å². The average molecular weight is 297 g/mol. The first kappa shape index (κ1) is 11.6. The Bertz CT molecular complexity index is 256. The minimum Gasteiger partial charge on any atom is -0.321 e. The maximum atomic E-state index is 10.5.